The molecule has 0 radical (unpaired) electrons. The number of furan rings is 1. The monoisotopic (exact) mass is 641 g/mol. The lowest BCUT2D eigenvalue weighted by atomic mass is 9.81. The summed E-state index contributed by atoms with van der Waals surface area (Å²) in [5.74, 6) is 2.32. The van der Waals surface area contributed by atoms with Crippen molar-refractivity contribution in [3.8, 4) is 45.3 Å². The quantitative estimate of drug-likeness (QED) is 0.179. The summed E-state index contributed by atoms with van der Waals surface area (Å²) in [4.78, 5) is 15.4. The molecule has 236 valence electrons. The number of rotatable bonds is 4. The standard InChI is InChI=1S/C46H31N3O/c1-28-10-9-16-38-35-14-6-5-13-34(35)36-24-22-32(27-40(36)43(28)38)45-47-44(31-20-18-30(19-21-31)29-11-3-2-4-12-29)48-46(49-45)33-23-25-42-39(26-33)37-15-7-8-17-41(37)50-42/h2-9,11-28H,10H2,1H3. The highest BCUT2D eigenvalue weighted by Gasteiger charge is 2.21. The first-order valence-corrected chi connectivity index (χ1v) is 17.2. The minimum absolute atomic E-state index is 0.404. The number of benzene rings is 7. The summed E-state index contributed by atoms with van der Waals surface area (Å²) in [7, 11) is 0. The van der Waals surface area contributed by atoms with Crippen molar-refractivity contribution in [2.24, 2.45) is 0 Å². The maximum absolute atomic E-state index is 6.14. The molecule has 9 aromatic rings. The summed E-state index contributed by atoms with van der Waals surface area (Å²) in [6.45, 7) is 2.33. The summed E-state index contributed by atoms with van der Waals surface area (Å²) in [6, 6.07) is 48.7. The van der Waals surface area contributed by atoms with E-state index < -0.39 is 0 Å². The van der Waals surface area contributed by atoms with E-state index in [9.17, 15) is 0 Å². The van der Waals surface area contributed by atoms with Crippen LogP contribution in [0.1, 0.15) is 30.4 Å². The molecule has 1 aliphatic rings. The molecule has 1 unspecified atom stereocenters. The molecular weight excluding hydrogens is 611 g/mol. The van der Waals surface area contributed by atoms with Crippen molar-refractivity contribution in [2.45, 2.75) is 19.3 Å². The topological polar surface area (TPSA) is 51.8 Å². The number of para-hydroxylation sites is 1. The molecule has 7 aromatic carbocycles. The van der Waals surface area contributed by atoms with Gasteiger partial charge in [0.2, 0.25) is 0 Å². The van der Waals surface area contributed by atoms with Crippen molar-refractivity contribution >= 4 is 49.6 Å². The number of aromatic nitrogens is 3. The molecule has 0 saturated carbocycles. The molecule has 0 spiro atoms. The largest absolute Gasteiger partial charge is 0.456 e. The van der Waals surface area contributed by atoms with Gasteiger partial charge in [-0.1, -0.05) is 128 Å². The Hall–Kier alpha value is -6.39. The Morgan fingerprint density at radius 3 is 1.78 bits per heavy atom. The summed E-state index contributed by atoms with van der Waals surface area (Å²) in [5, 5.41) is 7.20. The van der Waals surface area contributed by atoms with Crippen LogP contribution in [0.15, 0.2) is 150 Å². The lowest BCUT2D eigenvalue weighted by Crippen LogP contribution is -2.03. The molecule has 0 aliphatic heterocycles. The smallest absolute Gasteiger partial charge is 0.164 e. The lowest BCUT2D eigenvalue weighted by Gasteiger charge is -2.23. The van der Waals surface area contributed by atoms with Crippen molar-refractivity contribution in [2.75, 3.05) is 0 Å². The van der Waals surface area contributed by atoms with Crippen molar-refractivity contribution in [1.29, 1.82) is 0 Å². The number of hydrogen-bond donors (Lipinski definition) is 0. The lowest BCUT2D eigenvalue weighted by molar-refractivity contribution is 0.669. The molecular formula is C46H31N3O. The summed E-state index contributed by atoms with van der Waals surface area (Å²) < 4.78 is 6.14. The second kappa shape index (κ2) is 11.4. The van der Waals surface area contributed by atoms with Crippen molar-refractivity contribution < 1.29 is 4.42 Å². The van der Waals surface area contributed by atoms with E-state index in [4.69, 9.17) is 19.4 Å². The van der Waals surface area contributed by atoms with Crippen LogP contribution >= 0.6 is 0 Å². The molecule has 0 fully saturated rings. The molecule has 0 N–H and O–H groups in total. The Morgan fingerprint density at radius 2 is 1.00 bits per heavy atom. The molecule has 4 nitrogen and oxygen atoms in total. The van der Waals surface area contributed by atoms with Gasteiger partial charge in [0.15, 0.2) is 17.5 Å². The minimum atomic E-state index is 0.404. The van der Waals surface area contributed by atoms with Gasteiger partial charge in [0.1, 0.15) is 11.2 Å². The average Bonchev–Trinajstić information content (AvgIpc) is 3.56. The van der Waals surface area contributed by atoms with Gasteiger partial charge in [0.25, 0.3) is 0 Å². The van der Waals surface area contributed by atoms with E-state index in [0.717, 1.165) is 50.6 Å². The van der Waals surface area contributed by atoms with Gasteiger partial charge in [0, 0.05) is 27.5 Å². The zero-order valence-corrected chi connectivity index (χ0v) is 27.5. The van der Waals surface area contributed by atoms with E-state index in [0.29, 0.717) is 23.4 Å². The molecule has 4 heteroatoms. The van der Waals surface area contributed by atoms with Crippen LogP contribution in [0.3, 0.4) is 0 Å². The van der Waals surface area contributed by atoms with Crippen LogP contribution in [0, 0.1) is 0 Å². The zero-order chi connectivity index (χ0) is 33.2. The number of allylic oxidation sites excluding steroid dienone is 1. The fourth-order valence-electron chi connectivity index (χ4n) is 7.67. The molecule has 2 aromatic heterocycles. The van der Waals surface area contributed by atoms with Crippen LogP contribution in [-0.4, -0.2) is 15.0 Å². The van der Waals surface area contributed by atoms with Crippen molar-refractivity contribution in [1.82, 2.24) is 15.0 Å². The fraction of sp³-hybridized carbons (Fsp3) is 0.0652. The van der Waals surface area contributed by atoms with E-state index >= 15 is 0 Å². The second-order valence-corrected chi connectivity index (χ2v) is 13.2. The molecule has 0 saturated heterocycles. The predicted molar refractivity (Wildman–Crippen MR) is 206 cm³/mol. The second-order valence-electron chi connectivity index (χ2n) is 13.2. The summed E-state index contributed by atoms with van der Waals surface area (Å²) in [6.07, 6.45) is 5.63. The van der Waals surface area contributed by atoms with E-state index in [1.807, 2.05) is 36.4 Å². The summed E-state index contributed by atoms with van der Waals surface area (Å²) in [5.41, 5.74) is 9.57. The average molecular weight is 642 g/mol. The molecule has 50 heavy (non-hydrogen) atoms. The van der Waals surface area contributed by atoms with E-state index in [-0.39, 0.29) is 0 Å². The molecule has 0 amide bonds. The van der Waals surface area contributed by atoms with Gasteiger partial charge in [-0.25, -0.2) is 15.0 Å². The van der Waals surface area contributed by atoms with Crippen molar-refractivity contribution in [3.05, 3.63) is 157 Å². The third-order valence-electron chi connectivity index (χ3n) is 10.2. The minimum Gasteiger partial charge on any atom is -0.456 e. The first kappa shape index (κ1) is 28.6. The van der Waals surface area contributed by atoms with Gasteiger partial charge in [-0.3, -0.25) is 0 Å². The number of fused-ring (bicyclic) bond motifs is 9. The highest BCUT2D eigenvalue weighted by molar-refractivity contribution is 6.14. The Labute approximate surface area is 289 Å². The Kier molecular flexibility index (Phi) is 6.50. The number of nitrogens with zero attached hydrogens (tertiary/aromatic N) is 3. The van der Waals surface area contributed by atoms with Crippen LogP contribution in [0.5, 0.6) is 0 Å². The first-order chi connectivity index (χ1) is 24.7. The Balaban J connectivity index is 1.18. The van der Waals surface area contributed by atoms with E-state index in [1.165, 1.54) is 38.2 Å². The maximum Gasteiger partial charge on any atom is 0.164 e. The Morgan fingerprint density at radius 1 is 0.460 bits per heavy atom. The summed E-state index contributed by atoms with van der Waals surface area (Å²) >= 11 is 0. The highest BCUT2D eigenvalue weighted by Crippen LogP contribution is 2.42. The van der Waals surface area contributed by atoms with Crippen LogP contribution < -0.4 is 0 Å². The van der Waals surface area contributed by atoms with Crippen LogP contribution in [-0.2, 0) is 0 Å². The molecule has 1 atom stereocenters. The SMILES string of the molecule is CC1CC=Cc2c1c1cc(-c3nc(-c4ccc(-c5ccccc5)cc4)nc(-c4ccc5oc6ccccc6c5c4)n3)ccc1c1ccccc21. The van der Waals surface area contributed by atoms with Crippen LogP contribution in [0.2, 0.25) is 0 Å². The van der Waals surface area contributed by atoms with E-state index in [1.54, 1.807) is 0 Å². The van der Waals surface area contributed by atoms with E-state index in [2.05, 4.69) is 122 Å². The molecule has 0 bridgehead atoms. The third kappa shape index (κ3) is 4.64. The maximum atomic E-state index is 6.14. The van der Waals surface area contributed by atoms with Gasteiger partial charge in [-0.2, -0.15) is 0 Å². The van der Waals surface area contributed by atoms with Crippen molar-refractivity contribution in [3.63, 3.8) is 0 Å². The van der Waals surface area contributed by atoms with Gasteiger partial charge in [0.05, 0.1) is 0 Å². The Bertz CT molecular complexity index is 2800. The predicted octanol–water partition coefficient (Wildman–Crippen LogP) is 12.3. The van der Waals surface area contributed by atoms with Gasteiger partial charge in [-0.15, -0.1) is 0 Å². The highest BCUT2D eigenvalue weighted by atomic mass is 16.3. The van der Waals surface area contributed by atoms with Crippen LogP contribution in [0.4, 0.5) is 0 Å². The number of hydrogen-bond acceptors (Lipinski definition) is 4. The normalized spacial score (nSPS) is 14.1. The third-order valence-corrected chi connectivity index (χ3v) is 10.2. The molecule has 10 rings (SSSR count). The van der Waals surface area contributed by atoms with Gasteiger partial charge < -0.3 is 4.42 Å². The molecule has 1 aliphatic carbocycles. The van der Waals surface area contributed by atoms with Gasteiger partial charge >= 0.3 is 0 Å². The molecule has 2 heterocycles. The zero-order valence-electron chi connectivity index (χ0n) is 27.5. The first-order valence-electron chi connectivity index (χ1n) is 17.2. The van der Waals surface area contributed by atoms with Gasteiger partial charge in [-0.05, 0) is 86.5 Å². The van der Waals surface area contributed by atoms with Crippen LogP contribution in [0.25, 0.3) is 94.8 Å². The fourth-order valence-corrected chi connectivity index (χ4v) is 7.67.